The van der Waals surface area contributed by atoms with Gasteiger partial charge in [0.25, 0.3) is 5.91 Å². The Hall–Kier alpha value is -1.78. The first kappa shape index (κ1) is 15.6. The Kier molecular flexibility index (Phi) is 5.04. The molecular formula is C16H24N2O3. The van der Waals surface area contributed by atoms with Gasteiger partial charge in [0, 0.05) is 12.2 Å². The lowest BCUT2D eigenvalue weighted by molar-refractivity contribution is -0.130. The number of aromatic amines is 1. The third-order valence-corrected chi connectivity index (χ3v) is 4.51. The molecule has 1 aromatic heterocycles. The molecule has 1 heterocycles. The van der Waals surface area contributed by atoms with Gasteiger partial charge >= 0.3 is 5.97 Å². The summed E-state index contributed by atoms with van der Waals surface area (Å²) < 4.78 is 5.18. The molecule has 116 valence electrons. The fraction of sp³-hybridized carbons (Fsp3) is 0.625. The van der Waals surface area contributed by atoms with Crippen molar-refractivity contribution in [1.29, 1.82) is 0 Å². The van der Waals surface area contributed by atoms with Crippen molar-refractivity contribution in [2.45, 2.75) is 52.2 Å². The molecule has 1 amide bonds. The summed E-state index contributed by atoms with van der Waals surface area (Å²) in [6.45, 7) is 6.00. The Balaban J connectivity index is 1.86. The van der Waals surface area contributed by atoms with Crippen molar-refractivity contribution in [3.63, 3.8) is 0 Å². The molecular weight excluding hydrogens is 268 g/mol. The molecule has 0 unspecified atom stereocenters. The molecule has 2 rings (SSSR count). The van der Waals surface area contributed by atoms with Crippen LogP contribution in [0, 0.1) is 11.8 Å². The van der Waals surface area contributed by atoms with Gasteiger partial charge in [-0.1, -0.05) is 26.7 Å². The Bertz CT molecular complexity index is 484. The predicted molar refractivity (Wildman–Crippen MR) is 79.8 cm³/mol. The minimum absolute atomic E-state index is 0.174. The summed E-state index contributed by atoms with van der Waals surface area (Å²) in [6.07, 6.45) is 4.20. The van der Waals surface area contributed by atoms with Crippen molar-refractivity contribution >= 4 is 11.9 Å². The van der Waals surface area contributed by atoms with E-state index >= 15 is 0 Å². The van der Waals surface area contributed by atoms with E-state index in [1.165, 1.54) is 6.42 Å². The lowest BCUT2D eigenvalue weighted by Crippen LogP contribution is -2.47. The van der Waals surface area contributed by atoms with E-state index < -0.39 is 12.1 Å². The lowest BCUT2D eigenvalue weighted by Gasteiger charge is -2.35. The van der Waals surface area contributed by atoms with Gasteiger partial charge in [-0.15, -0.1) is 0 Å². The molecule has 0 radical (unpaired) electrons. The first-order chi connectivity index (χ1) is 9.99. The number of hydrogen-bond donors (Lipinski definition) is 2. The number of carbonyl (C=O) groups excluding carboxylic acids is 2. The van der Waals surface area contributed by atoms with Crippen LogP contribution in [0.2, 0.25) is 0 Å². The first-order valence-corrected chi connectivity index (χ1v) is 7.63. The number of esters is 1. The molecule has 0 bridgehead atoms. The second-order valence-electron chi connectivity index (χ2n) is 6.01. The summed E-state index contributed by atoms with van der Waals surface area (Å²) in [5.74, 6) is 0.336. The maximum atomic E-state index is 12.2. The highest BCUT2D eigenvalue weighted by molar-refractivity contribution is 5.90. The molecule has 1 fully saturated rings. The topological polar surface area (TPSA) is 71.2 Å². The van der Waals surface area contributed by atoms with Crippen LogP contribution in [0.15, 0.2) is 18.3 Å². The smallest absolute Gasteiger partial charge is 0.355 e. The SMILES string of the molecule is C[C@@H]1[C@@H](C)CCC[C@H]1NC(=O)[C@@H](C)OC(=O)c1ccc[nH]1. The van der Waals surface area contributed by atoms with Crippen molar-refractivity contribution in [1.82, 2.24) is 10.3 Å². The molecule has 0 aliphatic heterocycles. The zero-order chi connectivity index (χ0) is 15.4. The second kappa shape index (κ2) is 6.78. The Morgan fingerprint density at radius 1 is 1.38 bits per heavy atom. The van der Waals surface area contributed by atoms with Crippen molar-refractivity contribution in [2.24, 2.45) is 11.8 Å². The summed E-state index contributed by atoms with van der Waals surface area (Å²) in [7, 11) is 0. The van der Waals surface area contributed by atoms with Crippen LogP contribution in [0.4, 0.5) is 0 Å². The van der Waals surface area contributed by atoms with Crippen molar-refractivity contribution in [3.05, 3.63) is 24.0 Å². The van der Waals surface area contributed by atoms with Crippen LogP contribution < -0.4 is 5.32 Å². The van der Waals surface area contributed by atoms with E-state index in [0.717, 1.165) is 12.8 Å². The fourth-order valence-electron chi connectivity index (χ4n) is 2.82. The maximum Gasteiger partial charge on any atom is 0.355 e. The number of carbonyl (C=O) groups is 2. The average Bonchev–Trinajstić information content (AvgIpc) is 2.98. The fourth-order valence-corrected chi connectivity index (χ4v) is 2.82. The summed E-state index contributed by atoms with van der Waals surface area (Å²) >= 11 is 0. The van der Waals surface area contributed by atoms with Gasteiger partial charge in [-0.25, -0.2) is 4.79 Å². The molecule has 1 saturated carbocycles. The van der Waals surface area contributed by atoms with E-state index in [2.05, 4.69) is 24.1 Å². The van der Waals surface area contributed by atoms with Crippen LogP contribution in [0.25, 0.3) is 0 Å². The molecule has 5 heteroatoms. The monoisotopic (exact) mass is 292 g/mol. The largest absolute Gasteiger partial charge is 0.448 e. The first-order valence-electron chi connectivity index (χ1n) is 7.63. The number of amides is 1. The van der Waals surface area contributed by atoms with E-state index in [4.69, 9.17) is 4.74 Å². The summed E-state index contributed by atoms with van der Waals surface area (Å²) in [5, 5.41) is 3.02. The molecule has 1 aliphatic rings. The van der Waals surface area contributed by atoms with Gasteiger partial charge in [0.1, 0.15) is 5.69 Å². The molecule has 2 N–H and O–H groups in total. The zero-order valence-electron chi connectivity index (χ0n) is 12.9. The number of rotatable bonds is 4. The van der Waals surface area contributed by atoms with Gasteiger partial charge in [-0.05, 0) is 37.3 Å². The quantitative estimate of drug-likeness (QED) is 0.838. The average molecular weight is 292 g/mol. The molecule has 0 aromatic carbocycles. The minimum Gasteiger partial charge on any atom is -0.448 e. The van der Waals surface area contributed by atoms with Crippen LogP contribution in [-0.2, 0) is 9.53 Å². The number of ether oxygens (including phenoxy) is 1. The van der Waals surface area contributed by atoms with E-state index in [-0.39, 0.29) is 11.9 Å². The van der Waals surface area contributed by atoms with Crippen LogP contribution in [-0.4, -0.2) is 29.0 Å². The van der Waals surface area contributed by atoms with E-state index in [1.807, 2.05) is 0 Å². The molecule has 4 atom stereocenters. The third-order valence-electron chi connectivity index (χ3n) is 4.51. The number of H-pyrrole nitrogens is 1. The van der Waals surface area contributed by atoms with E-state index in [1.54, 1.807) is 25.3 Å². The van der Waals surface area contributed by atoms with Crippen LogP contribution >= 0.6 is 0 Å². The highest BCUT2D eigenvalue weighted by Crippen LogP contribution is 2.29. The summed E-state index contributed by atoms with van der Waals surface area (Å²) in [6, 6.07) is 3.51. The Morgan fingerprint density at radius 2 is 2.14 bits per heavy atom. The standard InChI is InChI=1S/C16H24N2O3/c1-10-6-4-7-13(11(10)2)18-15(19)12(3)21-16(20)14-8-5-9-17-14/h5,8-13,17H,4,6-7H2,1-3H3,(H,18,19)/t10-,11+,12+,13+/m0/s1. The van der Waals surface area contributed by atoms with Crippen LogP contribution in [0.1, 0.15) is 50.5 Å². The maximum absolute atomic E-state index is 12.2. The minimum atomic E-state index is -0.787. The van der Waals surface area contributed by atoms with Crippen LogP contribution in [0.5, 0.6) is 0 Å². The van der Waals surface area contributed by atoms with E-state index in [0.29, 0.717) is 17.5 Å². The molecule has 21 heavy (non-hydrogen) atoms. The normalized spacial score (nSPS) is 26.9. The van der Waals surface area contributed by atoms with Crippen LogP contribution in [0.3, 0.4) is 0 Å². The Morgan fingerprint density at radius 3 is 2.81 bits per heavy atom. The number of aromatic nitrogens is 1. The number of nitrogens with one attached hydrogen (secondary N) is 2. The summed E-state index contributed by atoms with van der Waals surface area (Å²) in [5.41, 5.74) is 0.356. The Labute approximate surface area is 125 Å². The van der Waals surface area contributed by atoms with Gasteiger partial charge in [0.2, 0.25) is 0 Å². The highest BCUT2D eigenvalue weighted by Gasteiger charge is 2.30. The summed E-state index contributed by atoms with van der Waals surface area (Å²) in [4.78, 5) is 26.7. The predicted octanol–water partition coefficient (Wildman–Crippen LogP) is 2.50. The zero-order valence-corrected chi connectivity index (χ0v) is 12.9. The van der Waals surface area contributed by atoms with Crippen molar-refractivity contribution in [3.8, 4) is 0 Å². The van der Waals surface area contributed by atoms with Crippen molar-refractivity contribution < 1.29 is 14.3 Å². The third kappa shape index (κ3) is 3.86. The molecule has 5 nitrogen and oxygen atoms in total. The van der Waals surface area contributed by atoms with Gasteiger partial charge in [-0.2, -0.15) is 0 Å². The van der Waals surface area contributed by atoms with Gasteiger partial charge in [-0.3, -0.25) is 4.79 Å². The molecule has 0 spiro atoms. The van der Waals surface area contributed by atoms with E-state index in [9.17, 15) is 9.59 Å². The van der Waals surface area contributed by atoms with Gasteiger partial charge in [0.15, 0.2) is 6.10 Å². The molecule has 1 aromatic rings. The molecule has 0 saturated heterocycles. The highest BCUT2D eigenvalue weighted by atomic mass is 16.5. The molecule has 1 aliphatic carbocycles. The van der Waals surface area contributed by atoms with Gasteiger partial charge < -0.3 is 15.0 Å². The second-order valence-corrected chi connectivity index (χ2v) is 6.01. The number of hydrogen-bond acceptors (Lipinski definition) is 3. The van der Waals surface area contributed by atoms with Crippen molar-refractivity contribution in [2.75, 3.05) is 0 Å². The lowest BCUT2D eigenvalue weighted by atomic mass is 9.78. The van der Waals surface area contributed by atoms with Gasteiger partial charge in [0.05, 0.1) is 0 Å².